The second-order valence-corrected chi connectivity index (χ2v) is 6.88. The van der Waals surface area contributed by atoms with Crippen molar-refractivity contribution in [1.82, 2.24) is 10.2 Å². The van der Waals surface area contributed by atoms with Crippen LogP contribution in [0.1, 0.15) is 51.1 Å². The first-order valence-electron chi connectivity index (χ1n) is 7.84. The number of hydrogen-bond acceptors (Lipinski definition) is 2. The van der Waals surface area contributed by atoms with E-state index in [-0.39, 0.29) is 17.4 Å². The van der Waals surface area contributed by atoms with Crippen LogP contribution in [0.5, 0.6) is 0 Å². The lowest BCUT2D eigenvalue weighted by Gasteiger charge is -2.44. The molecule has 118 valence electrons. The molecule has 1 unspecified atom stereocenters. The van der Waals surface area contributed by atoms with Crippen LogP contribution in [0, 0.1) is 5.82 Å². The van der Waals surface area contributed by atoms with E-state index in [0.717, 1.165) is 13.1 Å². The number of benzene rings is 1. The molecule has 2 nitrogen and oxygen atoms in total. The van der Waals surface area contributed by atoms with E-state index < -0.39 is 0 Å². The first-order valence-corrected chi connectivity index (χ1v) is 8.22. The molecule has 1 aromatic carbocycles. The molecule has 2 rings (SSSR count). The van der Waals surface area contributed by atoms with Gasteiger partial charge in [0.2, 0.25) is 0 Å². The summed E-state index contributed by atoms with van der Waals surface area (Å²) < 4.78 is 14.3. The van der Waals surface area contributed by atoms with Gasteiger partial charge in [-0.1, -0.05) is 30.5 Å². The molecule has 1 saturated heterocycles. The number of likely N-dealkylation sites (N-methyl/N-ethyl adjacent to an activating group) is 1. The van der Waals surface area contributed by atoms with Crippen molar-refractivity contribution in [2.45, 2.75) is 51.1 Å². The van der Waals surface area contributed by atoms with Crippen molar-refractivity contribution in [3.63, 3.8) is 0 Å². The SMILES string of the molecule is CNC(c1ccc(Cl)cc1F)C(C)(C)N1CCCCCC1. The Kier molecular flexibility index (Phi) is 5.64. The summed E-state index contributed by atoms with van der Waals surface area (Å²) in [5, 5.41) is 3.76. The highest BCUT2D eigenvalue weighted by Crippen LogP contribution is 2.34. The molecule has 0 amide bonds. The summed E-state index contributed by atoms with van der Waals surface area (Å²) >= 11 is 5.88. The molecule has 1 atom stereocenters. The monoisotopic (exact) mass is 312 g/mol. The van der Waals surface area contributed by atoms with Gasteiger partial charge in [-0.3, -0.25) is 4.90 Å². The summed E-state index contributed by atoms with van der Waals surface area (Å²) in [5.74, 6) is -0.232. The molecule has 0 aliphatic carbocycles. The quantitative estimate of drug-likeness (QED) is 0.886. The number of rotatable bonds is 4. The fraction of sp³-hybridized carbons (Fsp3) is 0.647. The molecule has 0 aromatic heterocycles. The Labute approximate surface area is 132 Å². The highest BCUT2D eigenvalue weighted by Gasteiger charge is 2.36. The Bertz CT molecular complexity index is 468. The van der Waals surface area contributed by atoms with Crippen molar-refractivity contribution in [1.29, 1.82) is 0 Å². The zero-order valence-corrected chi connectivity index (χ0v) is 14.0. The lowest BCUT2D eigenvalue weighted by molar-refractivity contribution is 0.0850. The van der Waals surface area contributed by atoms with Crippen LogP contribution < -0.4 is 5.32 Å². The molecule has 4 heteroatoms. The van der Waals surface area contributed by atoms with E-state index in [1.807, 2.05) is 7.05 Å². The van der Waals surface area contributed by atoms with E-state index in [9.17, 15) is 4.39 Å². The van der Waals surface area contributed by atoms with Gasteiger partial charge >= 0.3 is 0 Å². The van der Waals surface area contributed by atoms with Gasteiger partial charge in [-0.2, -0.15) is 0 Å². The van der Waals surface area contributed by atoms with Crippen LogP contribution in [0.3, 0.4) is 0 Å². The maximum absolute atomic E-state index is 14.3. The van der Waals surface area contributed by atoms with Gasteiger partial charge in [-0.25, -0.2) is 4.39 Å². The lowest BCUT2D eigenvalue weighted by atomic mass is 9.86. The largest absolute Gasteiger partial charge is 0.311 e. The first kappa shape index (κ1) is 16.7. The van der Waals surface area contributed by atoms with E-state index in [1.165, 1.54) is 31.7 Å². The third kappa shape index (κ3) is 3.77. The average molecular weight is 313 g/mol. The Morgan fingerprint density at radius 1 is 1.19 bits per heavy atom. The standard InChI is InChI=1S/C17H26ClFN2/c1-17(2,21-10-6-4-5-7-11-21)16(20-3)14-9-8-13(18)12-15(14)19/h8-9,12,16,20H,4-7,10-11H2,1-3H3. The molecule has 0 saturated carbocycles. The topological polar surface area (TPSA) is 15.3 Å². The molecule has 0 radical (unpaired) electrons. The van der Waals surface area contributed by atoms with Crippen molar-refractivity contribution in [2.24, 2.45) is 0 Å². The van der Waals surface area contributed by atoms with Crippen molar-refractivity contribution >= 4 is 11.6 Å². The van der Waals surface area contributed by atoms with Crippen LogP contribution in [-0.2, 0) is 0 Å². The normalized spacial score (nSPS) is 19.3. The number of likely N-dealkylation sites (tertiary alicyclic amines) is 1. The molecule has 0 spiro atoms. The third-order valence-electron chi connectivity index (χ3n) is 4.69. The van der Waals surface area contributed by atoms with E-state index in [1.54, 1.807) is 12.1 Å². The zero-order valence-electron chi connectivity index (χ0n) is 13.3. The summed E-state index contributed by atoms with van der Waals surface area (Å²) in [7, 11) is 1.90. The van der Waals surface area contributed by atoms with Crippen molar-refractivity contribution in [3.05, 3.63) is 34.6 Å². The smallest absolute Gasteiger partial charge is 0.129 e. The Hall–Kier alpha value is -0.640. The highest BCUT2D eigenvalue weighted by atomic mass is 35.5. The molecule has 1 fully saturated rings. The van der Waals surface area contributed by atoms with Gasteiger partial charge in [0.05, 0.1) is 6.04 Å². The van der Waals surface area contributed by atoms with E-state index in [4.69, 9.17) is 11.6 Å². The molecule has 21 heavy (non-hydrogen) atoms. The molecule has 0 bridgehead atoms. The Morgan fingerprint density at radius 3 is 2.33 bits per heavy atom. The summed E-state index contributed by atoms with van der Waals surface area (Å²) in [6, 6.07) is 4.91. The Morgan fingerprint density at radius 2 is 1.81 bits per heavy atom. The Balaban J connectivity index is 2.29. The van der Waals surface area contributed by atoms with Gasteiger partial charge in [0.25, 0.3) is 0 Å². The molecular weight excluding hydrogens is 287 g/mol. The lowest BCUT2D eigenvalue weighted by Crippen LogP contribution is -2.52. The fourth-order valence-corrected chi connectivity index (χ4v) is 3.61. The minimum absolute atomic E-state index is 0.0622. The minimum atomic E-state index is -0.232. The van der Waals surface area contributed by atoms with Crippen LogP contribution in [-0.4, -0.2) is 30.6 Å². The fourth-order valence-electron chi connectivity index (χ4n) is 3.45. The second kappa shape index (κ2) is 7.08. The number of hydrogen-bond donors (Lipinski definition) is 1. The van der Waals surface area contributed by atoms with Crippen LogP contribution in [0.2, 0.25) is 5.02 Å². The highest BCUT2D eigenvalue weighted by molar-refractivity contribution is 6.30. The van der Waals surface area contributed by atoms with Crippen molar-refractivity contribution in [3.8, 4) is 0 Å². The van der Waals surface area contributed by atoms with Crippen molar-refractivity contribution in [2.75, 3.05) is 20.1 Å². The molecule has 1 aliphatic heterocycles. The maximum Gasteiger partial charge on any atom is 0.129 e. The first-order chi connectivity index (χ1) is 9.96. The number of halogens is 2. The number of nitrogens with zero attached hydrogens (tertiary/aromatic N) is 1. The van der Waals surface area contributed by atoms with Crippen LogP contribution in [0.4, 0.5) is 4.39 Å². The molecule has 1 N–H and O–H groups in total. The minimum Gasteiger partial charge on any atom is -0.311 e. The average Bonchev–Trinajstić information content (AvgIpc) is 2.71. The molecule has 1 heterocycles. The zero-order chi connectivity index (χ0) is 15.5. The van der Waals surface area contributed by atoms with E-state index >= 15 is 0 Å². The summed E-state index contributed by atoms with van der Waals surface area (Å²) in [5.41, 5.74) is 0.546. The van der Waals surface area contributed by atoms with Crippen LogP contribution >= 0.6 is 11.6 Å². The van der Waals surface area contributed by atoms with E-state index in [0.29, 0.717) is 10.6 Å². The van der Waals surface area contributed by atoms with E-state index in [2.05, 4.69) is 24.1 Å². The summed E-state index contributed by atoms with van der Waals surface area (Å²) in [6.45, 7) is 6.57. The van der Waals surface area contributed by atoms with Crippen LogP contribution in [0.25, 0.3) is 0 Å². The second-order valence-electron chi connectivity index (χ2n) is 6.44. The maximum atomic E-state index is 14.3. The third-order valence-corrected chi connectivity index (χ3v) is 4.92. The number of nitrogens with one attached hydrogen (secondary N) is 1. The van der Waals surface area contributed by atoms with Gasteiger partial charge < -0.3 is 5.32 Å². The predicted octanol–water partition coefficient (Wildman–Crippen LogP) is 4.39. The van der Waals surface area contributed by atoms with Crippen LogP contribution in [0.15, 0.2) is 18.2 Å². The van der Waals surface area contributed by atoms with Gasteiger partial charge in [0.15, 0.2) is 0 Å². The van der Waals surface area contributed by atoms with Gasteiger partial charge in [0.1, 0.15) is 5.82 Å². The van der Waals surface area contributed by atoms with Crippen molar-refractivity contribution < 1.29 is 4.39 Å². The predicted molar refractivity (Wildman–Crippen MR) is 87.3 cm³/mol. The van der Waals surface area contributed by atoms with Gasteiger partial charge in [-0.15, -0.1) is 0 Å². The van der Waals surface area contributed by atoms with Gasteiger partial charge in [-0.05, 0) is 59.0 Å². The van der Waals surface area contributed by atoms with Gasteiger partial charge in [0, 0.05) is 16.1 Å². The molecular formula is C17H26ClFN2. The molecule has 1 aliphatic rings. The molecule has 1 aromatic rings. The summed E-state index contributed by atoms with van der Waals surface area (Å²) in [6.07, 6.45) is 5.05. The summed E-state index contributed by atoms with van der Waals surface area (Å²) in [4.78, 5) is 2.50.